The van der Waals surface area contributed by atoms with Gasteiger partial charge in [0, 0.05) is 6.42 Å². The van der Waals surface area contributed by atoms with E-state index < -0.39 is 11.6 Å². The second-order valence-electron chi connectivity index (χ2n) is 4.48. The van der Waals surface area contributed by atoms with Gasteiger partial charge in [-0.05, 0) is 5.92 Å². The van der Waals surface area contributed by atoms with Crippen LogP contribution in [0.15, 0.2) is 0 Å². The van der Waals surface area contributed by atoms with Crippen LogP contribution in [0.25, 0.3) is 0 Å². The highest BCUT2D eigenvalue weighted by Crippen LogP contribution is 2.36. The van der Waals surface area contributed by atoms with E-state index in [0.29, 0.717) is 6.42 Å². The Bertz CT molecular complexity index is 287. The number of esters is 1. The molecule has 0 spiro atoms. The summed E-state index contributed by atoms with van der Waals surface area (Å²) in [5, 5.41) is 8.84. The molecule has 1 aliphatic rings. The Labute approximate surface area is 108 Å². The lowest BCUT2D eigenvalue weighted by Crippen LogP contribution is -2.46. The van der Waals surface area contributed by atoms with E-state index in [1.807, 2.05) is 13.8 Å². The SMILES string of the molecule is CC(C)C1CC(CC(=O)O)(OI)CC(=O)O1. The zero-order valence-electron chi connectivity index (χ0n) is 9.23. The number of hydrogen-bond acceptors (Lipinski definition) is 4. The standard InChI is InChI=1S/C10H15IO5/c1-6(2)7-3-10(16-11,4-8(12)13)5-9(14)15-7/h6-7H,3-5H2,1-2H3,(H,12,13). The molecule has 1 N–H and O–H groups in total. The Morgan fingerprint density at radius 3 is 2.81 bits per heavy atom. The summed E-state index contributed by atoms with van der Waals surface area (Å²) in [4.78, 5) is 22.2. The van der Waals surface area contributed by atoms with E-state index in [9.17, 15) is 9.59 Å². The molecule has 16 heavy (non-hydrogen) atoms. The Morgan fingerprint density at radius 1 is 1.75 bits per heavy atom. The van der Waals surface area contributed by atoms with Crippen LogP contribution in [0.4, 0.5) is 0 Å². The minimum absolute atomic E-state index is 0.00542. The minimum Gasteiger partial charge on any atom is -0.481 e. The average Bonchev–Trinajstić information content (AvgIpc) is 2.15. The van der Waals surface area contributed by atoms with E-state index in [-0.39, 0.29) is 30.8 Å². The van der Waals surface area contributed by atoms with Gasteiger partial charge in [0.1, 0.15) is 34.7 Å². The maximum absolute atomic E-state index is 11.4. The molecule has 1 rings (SSSR count). The molecule has 0 aliphatic carbocycles. The van der Waals surface area contributed by atoms with Gasteiger partial charge in [0.25, 0.3) is 0 Å². The summed E-state index contributed by atoms with van der Waals surface area (Å²) >= 11 is 1.67. The van der Waals surface area contributed by atoms with Crippen molar-refractivity contribution in [1.29, 1.82) is 0 Å². The van der Waals surface area contributed by atoms with Crippen LogP contribution in [0.3, 0.4) is 0 Å². The van der Waals surface area contributed by atoms with E-state index >= 15 is 0 Å². The van der Waals surface area contributed by atoms with Crippen molar-refractivity contribution in [2.45, 2.75) is 44.8 Å². The van der Waals surface area contributed by atoms with Crippen LogP contribution in [-0.2, 0) is 17.4 Å². The van der Waals surface area contributed by atoms with Crippen molar-refractivity contribution in [3.63, 3.8) is 0 Å². The third-order valence-electron chi connectivity index (χ3n) is 2.70. The molecule has 1 heterocycles. The number of aliphatic carboxylic acids is 1. The molecule has 1 saturated heterocycles. The van der Waals surface area contributed by atoms with Gasteiger partial charge in [-0.1, -0.05) is 13.8 Å². The number of carbonyl (C=O) groups is 2. The zero-order valence-corrected chi connectivity index (χ0v) is 11.4. The molecular weight excluding hydrogens is 327 g/mol. The van der Waals surface area contributed by atoms with Gasteiger partial charge in [0.15, 0.2) is 0 Å². The van der Waals surface area contributed by atoms with E-state index in [2.05, 4.69) is 0 Å². The Kier molecular flexibility index (Phi) is 4.54. The fraction of sp³-hybridized carbons (Fsp3) is 0.800. The lowest BCUT2D eigenvalue weighted by atomic mass is 9.84. The Morgan fingerprint density at radius 2 is 2.38 bits per heavy atom. The van der Waals surface area contributed by atoms with Crippen LogP contribution in [0.1, 0.15) is 33.1 Å². The first-order chi connectivity index (χ1) is 7.38. The topological polar surface area (TPSA) is 72.8 Å². The number of cyclic esters (lactones) is 1. The second-order valence-corrected chi connectivity index (χ2v) is 4.92. The van der Waals surface area contributed by atoms with Crippen LogP contribution < -0.4 is 0 Å². The van der Waals surface area contributed by atoms with Crippen LogP contribution >= 0.6 is 23.0 Å². The monoisotopic (exact) mass is 342 g/mol. The highest BCUT2D eigenvalue weighted by molar-refractivity contribution is 14.1. The largest absolute Gasteiger partial charge is 0.481 e. The molecule has 5 nitrogen and oxygen atoms in total. The number of carbonyl (C=O) groups excluding carboxylic acids is 1. The molecule has 2 atom stereocenters. The lowest BCUT2D eigenvalue weighted by Gasteiger charge is -2.38. The van der Waals surface area contributed by atoms with Crippen molar-refractivity contribution in [2.24, 2.45) is 5.92 Å². The van der Waals surface area contributed by atoms with Crippen LogP contribution in [0.2, 0.25) is 0 Å². The summed E-state index contributed by atoms with van der Waals surface area (Å²) in [6, 6.07) is 0. The van der Waals surface area contributed by atoms with Gasteiger partial charge < -0.3 is 12.9 Å². The molecule has 1 aliphatic heterocycles. The quantitative estimate of drug-likeness (QED) is 0.624. The molecule has 0 radical (unpaired) electrons. The molecule has 0 aromatic carbocycles. The Balaban J connectivity index is 2.83. The molecule has 1 fully saturated rings. The summed E-state index contributed by atoms with van der Waals surface area (Å²) in [6.07, 6.45) is 0.00103. The van der Waals surface area contributed by atoms with Crippen molar-refractivity contribution >= 4 is 34.9 Å². The van der Waals surface area contributed by atoms with Crippen LogP contribution in [0, 0.1) is 5.92 Å². The molecule has 0 saturated carbocycles. The molecule has 0 aromatic heterocycles. The molecule has 6 heteroatoms. The summed E-state index contributed by atoms with van der Waals surface area (Å²) in [7, 11) is 0. The first-order valence-electron chi connectivity index (χ1n) is 5.09. The fourth-order valence-electron chi connectivity index (χ4n) is 1.82. The van der Waals surface area contributed by atoms with Gasteiger partial charge in [0.2, 0.25) is 0 Å². The van der Waals surface area contributed by atoms with Crippen LogP contribution in [-0.4, -0.2) is 28.8 Å². The van der Waals surface area contributed by atoms with Crippen molar-refractivity contribution in [1.82, 2.24) is 0 Å². The molecule has 92 valence electrons. The highest BCUT2D eigenvalue weighted by Gasteiger charge is 2.45. The second kappa shape index (κ2) is 5.31. The van der Waals surface area contributed by atoms with Gasteiger partial charge in [-0.2, -0.15) is 0 Å². The number of carboxylic acids is 1. The third kappa shape index (κ3) is 3.31. The summed E-state index contributed by atoms with van der Waals surface area (Å²) < 4.78 is 10.4. The molecular formula is C10H15IO5. The maximum atomic E-state index is 11.4. The number of halogens is 1. The molecule has 0 aromatic rings. The van der Waals surface area contributed by atoms with Crippen LogP contribution in [0.5, 0.6) is 0 Å². The van der Waals surface area contributed by atoms with Crippen molar-refractivity contribution in [3.8, 4) is 0 Å². The summed E-state index contributed by atoms with van der Waals surface area (Å²) in [6.45, 7) is 3.87. The van der Waals surface area contributed by atoms with Gasteiger partial charge >= 0.3 is 11.9 Å². The Hall–Kier alpha value is -0.370. The van der Waals surface area contributed by atoms with Gasteiger partial charge in [-0.3, -0.25) is 9.59 Å². The number of rotatable bonds is 4. The average molecular weight is 342 g/mol. The van der Waals surface area contributed by atoms with E-state index in [1.54, 1.807) is 23.0 Å². The minimum atomic E-state index is -0.964. The molecule has 0 bridgehead atoms. The van der Waals surface area contributed by atoms with E-state index in [0.717, 1.165) is 0 Å². The predicted molar refractivity (Wildman–Crippen MR) is 64.0 cm³/mol. The van der Waals surface area contributed by atoms with E-state index in [1.165, 1.54) is 0 Å². The van der Waals surface area contributed by atoms with Gasteiger partial charge in [-0.25, -0.2) is 0 Å². The number of ether oxygens (including phenoxy) is 1. The first kappa shape index (κ1) is 13.7. The zero-order chi connectivity index (χ0) is 12.3. The third-order valence-corrected chi connectivity index (χ3v) is 3.64. The maximum Gasteiger partial charge on any atom is 0.309 e. The predicted octanol–water partition coefficient (Wildman–Crippen LogP) is 1.93. The van der Waals surface area contributed by atoms with E-state index in [4.69, 9.17) is 12.9 Å². The molecule has 2 unspecified atom stereocenters. The van der Waals surface area contributed by atoms with Crippen molar-refractivity contribution in [2.75, 3.05) is 0 Å². The fourth-order valence-corrected chi connectivity index (χ4v) is 2.31. The van der Waals surface area contributed by atoms with Gasteiger partial charge in [0.05, 0.1) is 12.8 Å². The molecule has 0 amide bonds. The highest BCUT2D eigenvalue weighted by atomic mass is 127. The summed E-state index contributed by atoms with van der Waals surface area (Å²) in [5.74, 6) is -1.19. The number of carboxylic acid groups (broad SMARTS) is 1. The normalized spacial score (nSPS) is 30.2. The van der Waals surface area contributed by atoms with Gasteiger partial charge in [-0.15, -0.1) is 0 Å². The first-order valence-corrected chi connectivity index (χ1v) is 5.97. The van der Waals surface area contributed by atoms with Crippen molar-refractivity contribution < 1.29 is 22.5 Å². The van der Waals surface area contributed by atoms with Crippen molar-refractivity contribution in [3.05, 3.63) is 0 Å². The smallest absolute Gasteiger partial charge is 0.309 e. The summed E-state index contributed by atoms with van der Waals surface area (Å²) in [5.41, 5.74) is -0.920. The number of hydrogen-bond donors (Lipinski definition) is 1. The lowest BCUT2D eigenvalue weighted by molar-refractivity contribution is -0.171.